The van der Waals surface area contributed by atoms with E-state index in [0.29, 0.717) is 13.0 Å². The molecule has 4 N–H and O–H groups in total. The molecule has 13 heteroatoms. The molecule has 1 saturated heterocycles. The highest BCUT2D eigenvalue weighted by Crippen LogP contribution is 2.26. The van der Waals surface area contributed by atoms with Crippen LogP contribution in [0.4, 0.5) is 0 Å². The van der Waals surface area contributed by atoms with Gasteiger partial charge in [0.05, 0.1) is 19.8 Å². The summed E-state index contributed by atoms with van der Waals surface area (Å²) in [5, 5.41) is 30.6. The summed E-state index contributed by atoms with van der Waals surface area (Å²) in [5.74, 6) is -0.395. The molecule has 12 nitrogen and oxygen atoms in total. The van der Waals surface area contributed by atoms with Gasteiger partial charge in [0.15, 0.2) is 6.29 Å². The Morgan fingerprint density at radius 1 is 0.630 bits per heavy atom. The smallest absolute Gasteiger partial charge is 0.397 e. The molecule has 0 amide bonds. The van der Waals surface area contributed by atoms with Gasteiger partial charge in [0.2, 0.25) is 0 Å². The number of carbonyl (C=O) groups excluding carboxylic acids is 1. The van der Waals surface area contributed by atoms with Gasteiger partial charge in [-0.25, -0.2) is 4.18 Å². The molecule has 0 aromatic carbocycles. The van der Waals surface area contributed by atoms with Crippen LogP contribution in [0.2, 0.25) is 0 Å². The molecule has 1 rings (SSSR count). The van der Waals surface area contributed by atoms with Crippen molar-refractivity contribution in [2.75, 3.05) is 26.4 Å². The molecule has 1 aliphatic heterocycles. The van der Waals surface area contributed by atoms with E-state index in [1.165, 1.54) is 128 Å². The summed E-state index contributed by atoms with van der Waals surface area (Å²) >= 11 is 0. The van der Waals surface area contributed by atoms with E-state index in [2.05, 4.69) is 18.0 Å². The number of rotatable bonds is 38. The van der Waals surface area contributed by atoms with Crippen molar-refractivity contribution in [1.29, 1.82) is 0 Å². The predicted octanol–water partition coefficient (Wildman–Crippen LogP) is 8.52. The summed E-state index contributed by atoms with van der Waals surface area (Å²) in [6.45, 7) is 4.00. The summed E-state index contributed by atoms with van der Waals surface area (Å²) in [6.07, 6.45) is 24.3. The molecule has 1 aliphatic rings. The average molecular weight is 797 g/mol. The van der Waals surface area contributed by atoms with Crippen molar-refractivity contribution < 1.29 is 56.2 Å². The van der Waals surface area contributed by atoms with Gasteiger partial charge in [0, 0.05) is 13.0 Å². The number of ether oxygens (including phenoxy) is 4. The molecule has 1 fully saturated rings. The number of carbonyl (C=O) groups is 1. The van der Waals surface area contributed by atoms with Crippen LogP contribution in [0.1, 0.15) is 194 Å². The van der Waals surface area contributed by atoms with E-state index in [1.54, 1.807) is 0 Å². The maximum absolute atomic E-state index is 12.8. The fraction of sp³-hybridized carbons (Fsp3) is 0.976. The monoisotopic (exact) mass is 797 g/mol. The maximum atomic E-state index is 12.8. The lowest BCUT2D eigenvalue weighted by Crippen LogP contribution is -2.60. The van der Waals surface area contributed by atoms with Crippen molar-refractivity contribution in [3.8, 4) is 0 Å². The van der Waals surface area contributed by atoms with Crippen LogP contribution in [0.25, 0.3) is 0 Å². The molecule has 6 unspecified atom stereocenters. The van der Waals surface area contributed by atoms with Crippen molar-refractivity contribution >= 4 is 16.4 Å². The lowest BCUT2D eigenvalue weighted by atomic mass is 9.99. The van der Waals surface area contributed by atoms with E-state index in [0.717, 1.165) is 38.5 Å². The van der Waals surface area contributed by atoms with Crippen LogP contribution in [0.15, 0.2) is 0 Å². The molecule has 0 aliphatic carbocycles. The quantitative estimate of drug-likeness (QED) is 0.0266. The minimum Gasteiger partial charge on any atom is -0.457 e. The van der Waals surface area contributed by atoms with E-state index in [1.807, 2.05) is 0 Å². The Balaban J connectivity index is 2.41. The topological polar surface area (TPSA) is 178 Å². The minimum absolute atomic E-state index is 0.0437. The van der Waals surface area contributed by atoms with Crippen molar-refractivity contribution in [1.82, 2.24) is 0 Å². The van der Waals surface area contributed by atoms with Crippen LogP contribution in [-0.2, 0) is 38.3 Å². The Labute approximate surface area is 328 Å². The maximum Gasteiger partial charge on any atom is 0.397 e. The number of aliphatic hydroxyl groups excluding tert-OH is 3. The predicted molar refractivity (Wildman–Crippen MR) is 211 cm³/mol. The van der Waals surface area contributed by atoms with E-state index in [9.17, 15) is 28.5 Å². The number of esters is 1. The van der Waals surface area contributed by atoms with E-state index < -0.39 is 59.8 Å². The molecule has 0 saturated carbocycles. The molecular weight excluding hydrogens is 717 g/mol. The summed E-state index contributed by atoms with van der Waals surface area (Å²) in [5.41, 5.74) is 0. The zero-order chi connectivity index (χ0) is 39.7. The molecule has 6 atom stereocenters. The third-order valence-corrected chi connectivity index (χ3v) is 10.7. The first-order valence-corrected chi connectivity index (χ1v) is 23.2. The summed E-state index contributed by atoms with van der Waals surface area (Å²) < 4.78 is 58.9. The van der Waals surface area contributed by atoms with Crippen LogP contribution < -0.4 is 0 Å². The third kappa shape index (κ3) is 27.7. The lowest BCUT2D eigenvalue weighted by molar-refractivity contribution is -0.301. The zero-order valence-electron chi connectivity index (χ0n) is 34.1. The van der Waals surface area contributed by atoms with Crippen molar-refractivity contribution in [2.24, 2.45) is 0 Å². The Morgan fingerprint density at radius 2 is 1.06 bits per heavy atom. The second-order valence-corrected chi connectivity index (χ2v) is 16.4. The van der Waals surface area contributed by atoms with Crippen molar-refractivity contribution in [3.63, 3.8) is 0 Å². The van der Waals surface area contributed by atoms with Crippen LogP contribution in [-0.4, -0.2) is 97.5 Å². The van der Waals surface area contributed by atoms with E-state index >= 15 is 0 Å². The van der Waals surface area contributed by atoms with Gasteiger partial charge in [-0.15, -0.1) is 0 Å². The fourth-order valence-electron chi connectivity index (χ4n) is 6.91. The molecular formula is C41H80O12S. The summed E-state index contributed by atoms with van der Waals surface area (Å²) in [7, 11) is -5.05. The second-order valence-electron chi connectivity index (χ2n) is 15.3. The molecule has 0 aromatic rings. The van der Waals surface area contributed by atoms with Crippen molar-refractivity contribution in [3.05, 3.63) is 0 Å². The molecule has 0 bridgehead atoms. The highest BCUT2D eigenvalue weighted by molar-refractivity contribution is 7.80. The van der Waals surface area contributed by atoms with E-state index in [4.69, 9.17) is 23.5 Å². The van der Waals surface area contributed by atoms with Crippen LogP contribution >= 0.6 is 0 Å². The molecule has 0 aromatic heterocycles. The van der Waals surface area contributed by atoms with Gasteiger partial charge in [-0.3, -0.25) is 9.35 Å². The van der Waals surface area contributed by atoms with Crippen LogP contribution in [0.5, 0.6) is 0 Å². The largest absolute Gasteiger partial charge is 0.457 e. The van der Waals surface area contributed by atoms with Crippen LogP contribution in [0.3, 0.4) is 0 Å². The summed E-state index contributed by atoms with van der Waals surface area (Å²) in [4.78, 5) is 12.8. The highest BCUT2D eigenvalue weighted by Gasteiger charge is 2.48. The normalized spacial score (nSPS) is 21.0. The zero-order valence-corrected chi connectivity index (χ0v) is 34.9. The molecule has 1 heterocycles. The standard InChI is InChI=1S/C41H80O12S/c1-3-5-7-9-11-13-15-16-17-18-19-20-21-22-24-26-28-30-37(43)51-35(33-49-31-29-27-25-23-14-12-10-8-6-4-2)34-50-41-39(45)40(53-54(46,47)48)38(44)36(32-42)52-41/h35-36,38-42,44-45H,3-34H2,1-2H3,(H,46,47,48). The Hall–Kier alpha value is -0.900. The van der Waals surface area contributed by atoms with Crippen LogP contribution in [0, 0.1) is 0 Å². The first-order chi connectivity index (χ1) is 26.1. The Bertz CT molecular complexity index is 968. The average Bonchev–Trinajstić information content (AvgIpc) is 3.14. The third-order valence-electron chi connectivity index (χ3n) is 10.2. The number of aliphatic hydroxyl groups is 3. The number of unbranched alkanes of at least 4 members (excludes halogenated alkanes) is 25. The first kappa shape index (κ1) is 51.1. The fourth-order valence-corrected chi connectivity index (χ4v) is 7.42. The SMILES string of the molecule is CCCCCCCCCCCCCCCCCCCC(=O)OC(COCCCCCCCCCCCC)COC1OC(CO)C(O)C(OS(=O)(=O)O)C1O. The van der Waals surface area contributed by atoms with Gasteiger partial charge in [0.1, 0.15) is 30.5 Å². The molecule has 322 valence electrons. The molecule has 0 radical (unpaired) electrons. The first-order valence-electron chi connectivity index (χ1n) is 21.8. The Morgan fingerprint density at radius 3 is 1.48 bits per heavy atom. The van der Waals surface area contributed by atoms with Crippen molar-refractivity contribution in [2.45, 2.75) is 230 Å². The van der Waals surface area contributed by atoms with Gasteiger partial charge in [-0.2, -0.15) is 8.42 Å². The number of hydrogen-bond donors (Lipinski definition) is 4. The van der Waals surface area contributed by atoms with Gasteiger partial charge < -0.3 is 34.3 Å². The van der Waals surface area contributed by atoms with Gasteiger partial charge in [-0.05, 0) is 12.8 Å². The van der Waals surface area contributed by atoms with Gasteiger partial charge in [0.25, 0.3) is 0 Å². The van der Waals surface area contributed by atoms with Gasteiger partial charge in [-0.1, -0.05) is 174 Å². The lowest BCUT2D eigenvalue weighted by Gasteiger charge is -2.41. The molecule has 0 spiro atoms. The summed E-state index contributed by atoms with van der Waals surface area (Å²) in [6, 6.07) is 0. The minimum atomic E-state index is -5.05. The van der Waals surface area contributed by atoms with E-state index in [-0.39, 0.29) is 19.6 Å². The Kier molecular flexibility index (Phi) is 32.3. The highest BCUT2D eigenvalue weighted by atomic mass is 32.3. The molecule has 54 heavy (non-hydrogen) atoms. The van der Waals surface area contributed by atoms with Gasteiger partial charge >= 0.3 is 16.4 Å². The second kappa shape index (κ2) is 34.2. The number of hydrogen-bond acceptors (Lipinski definition) is 11.